The zero-order valence-electron chi connectivity index (χ0n) is 11.1. The normalized spacial score (nSPS) is 24.2. The molecule has 0 saturated heterocycles. The van der Waals surface area contributed by atoms with E-state index in [0.29, 0.717) is 6.04 Å². The maximum atomic E-state index is 11.8. The van der Waals surface area contributed by atoms with Crippen molar-refractivity contribution in [2.75, 3.05) is 19.8 Å². The van der Waals surface area contributed by atoms with Crippen molar-refractivity contribution >= 4 is 5.91 Å². The fraction of sp³-hybridized carbons (Fsp3) is 0.917. The molecule has 0 aromatic carbocycles. The SMILES string of the molecule is CCNC1CCC(NC(=O)COCC(F)(F)F)CC1. The minimum atomic E-state index is -4.38. The van der Waals surface area contributed by atoms with Gasteiger partial charge in [-0.2, -0.15) is 13.2 Å². The molecule has 0 aliphatic heterocycles. The minimum Gasteiger partial charge on any atom is -0.362 e. The highest BCUT2D eigenvalue weighted by atomic mass is 19.4. The Labute approximate surface area is 111 Å². The molecule has 1 rings (SSSR count). The average molecular weight is 282 g/mol. The van der Waals surface area contributed by atoms with E-state index in [0.717, 1.165) is 32.2 Å². The third-order valence-electron chi connectivity index (χ3n) is 3.08. The van der Waals surface area contributed by atoms with Gasteiger partial charge in [0.05, 0.1) is 0 Å². The van der Waals surface area contributed by atoms with Crippen molar-refractivity contribution in [2.45, 2.75) is 50.9 Å². The molecule has 7 heteroatoms. The Morgan fingerprint density at radius 2 is 1.79 bits per heavy atom. The third kappa shape index (κ3) is 7.37. The summed E-state index contributed by atoms with van der Waals surface area (Å²) in [6.45, 7) is 1.05. The summed E-state index contributed by atoms with van der Waals surface area (Å²) in [5, 5.41) is 6.06. The number of amides is 1. The van der Waals surface area contributed by atoms with E-state index in [-0.39, 0.29) is 6.04 Å². The molecule has 19 heavy (non-hydrogen) atoms. The summed E-state index contributed by atoms with van der Waals surface area (Å²) < 4.78 is 39.8. The van der Waals surface area contributed by atoms with Crippen molar-refractivity contribution in [2.24, 2.45) is 0 Å². The topological polar surface area (TPSA) is 50.4 Å². The largest absolute Gasteiger partial charge is 0.411 e. The first-order chi connectivity index (χ1) is 8.90. The first-order valence-electron chi connectivity index (χ1n) is 6.58. The van der Waals surface area contributed by atoms with E-state index in [2.05, 4.69) is 15.4 Å². The van der Waals surface area contributed by atoms with E-state index < -0.39 is 25.3 Å². The summed E-state index contributed by atoms with van der Waals surface area (Å²) in [5.74, 6) is -0.476. The van der Waals surface area contributed by atoms with Crippen LogP contribution in [0.4, 0.5) is 13.2 Å². The van der Waals surface area contributed by atoms with E-state index in [9.17, 15) is 18.0 Å². The van der Waals surface area contributed by atoms with Gasteiger partial charge in [-0.1, -0.05) is 6.92 Å². The van der Waals surface area contributed by atoms with E-state index in [1.807, 2.05) is 6.92 Å². The Hall–Kier alpha value is -0.820. The van der Waals surface area contributed by atoms with Gasteiger partial charge in [0.1, 0.15) is 13.2 Å². The summed E-state index contributed by atoms with van der Waals surface area (Å²) in [4.78, 5) is 11.4. The Morgan fingerprint density at radius 1 is 1.21 bits per heavy atom. The molecule has 1 aliphatic rings. The van der Waals surface area contributed by atoms with Crippen LogP contribution in [0.1, 0.15) is 32.6 Å². The molecule has 0 radical (unpaired) electrons. The standard InChI is InChI=1S/C12H21F3N2O2/c1-2-16-9-3-5-10(6-4-9)17-11(18)7-19-8-12(13,14)15/h9-10,16H,2-8H2,1H3,(H,17,18). The highest BCUT2D eigenvalue weighted by molar-refractivity contribution is 5.77. The number of nitrogens with one attached hydrogen (secondary N) is 2. The summed E-state index contributed by atoms with van der Waals surface area (Å²) in [7, 11) is 0. The number of rotatable bonds is 6. The van der Waals surface area contributed by atoms with E-state index >= 15 is 0 Å². The summed E-state index contributed by atoms with van der Waals surface area (Å²) in [6.07, 6.45) is -0.736. The molecule has 1 saturated carbocycles. The van der Waals surface area contributed by atoms with Gasteiger partial charge < -0.3 is 15.4 Å². The fourth-order valence-electron chi connectivity index (χ4n) is 2.26. The number of carbonyl (C=O) groups excluding carboxylic acids is 1. The lowest BCUT2D eigenvalue weighted by atomic mass is 9.91. The number of halogens is 3. The van der Waals surface area contributed by atoms with Crippen molar-refractivity contribution in [3.63, 3.8) is 0 Å². The van der Waals surface area contributed by atoms with Crippen LogP contribution in [-0.2, 0) is 9.53 Å². The molecule has 0 aromatic heterocycles. The number of hydrogen-bond acceptors (Lipinski definition) is 3. The molecule has 1 amide bonds. The van der Waals surface area contributed by atoms with Gasteiger partial charge in [-0.25, -0.2) is 0 Å². The van der Waals surface area contributed by atoms with Gasteiger partial charge in [-0.05, 0) is 32.2 Å². The minimum absolute atomic E-state index is 0.0527. The molecule has 112 valence electrons. The van der Waals surface area contributed by atoms with Crippen LogP contribution in [0.3, 0.4) is 0 Å². The molecular formula is C12H21F3N2O2. The Morgan fingerprint density at radius 3 is 2.32 bits per heavy atom. The molecule has 1 aliphatic carbocycles. The van der Waals surface area contributed by atoms with Crippen molar-refractivity contribution < 1.29 is 22.7 Å². The van der Waals surface area contributed by atoms with Gasteiger partial charge in [0.2, 0.25) is 5.91 Å². The molecule has 0 bridgehead atoms. The second-order valence-electron chi connectivity index (χ2n) is 4.78. The molecule has 0 atom stereocenters. The smallest absolute Gasteiger partial charge is 0.362 e. The van der Waals surface area contributed by atoms with Crippen LogP contribution in [0, 0.1) is 0 Å². The van der Waals surface area contributed by atoms with E-state index in [1.165, 1.54) is 0 Å². The van der Waals surface area contributed by atoms with Gasteiger partial charge >= 0.3 is 6.18 Å². The lowest BCUT2D eigenvalue weighted by Crippen LogP contribution is -2.43. The number of hydrogen-bond donors (Lipinski definition) is 2. The Bertz CT molecular complexity index is 277. The van der Waals surface area contributed by atoms with Crippen molar-refractivity contribution in [1.82, 2.24) is 10.6 Å². The Balaban J connectivity index is 2.13. The van der Waals surface area contributed by atoms with Crippen LogP contribution in [0.15, 0.2) is 0 Å². The zero-order valence-corrected chi connectivity index (χ0v) is 11.1. The Kier molecular flexibility index (Phi) is 6.57. The van der Waals surface area contributed by atoms with E-state index in [4.69, 9.17) is 0 Å². The molecule has 1 fully saturated rings. The fourth-order valence-corrected chi connectivity index (χ4v) is 2.26. The first kappa shape index (κ1) is 16.2. The van der Waals surface area contributed by atoms with Gasteiger partial charge in [0, 0.05) is 12.1 Å². The molecule has 2 N–H and O–H groups in total. The average Bonchev–Trinajstić information content (AvgIpc) is 2.30. The molecule has 4 nitrogen and oxygen atoms in total. The van der Waals surface area contributed by atoms with Crippen LogP contribution in [0.5, 0.6) is 0 Å². The lowest BCUT2D eigenvalue weighted by molar-refractivity contribution is -0.175. The summed E-state index contributed by atoms with van der Waals surface area (Å²) in [6, 6.07) is 0.538. The molecule has 0 heterocycles. The predicted molar refractivity (Wildman–Crippen MR) is 64.7 cm³/mol. The number of alkyl halides is 3. The van der Waals surface area contributed by atoms with Gasteiger partial charge in [0.15, 0.2) is 0 Å². The third-order valence-corrected chi connectivity index (χ3v) is 3.08. The molecular weight excluding hydrogens is 261 g/mol. The van der Waals surface area contributed by atoms with Crippen molar-refractivity contribution in [3.8, 4) is 0 Å². The number of carbonyl (C=O) groups is 1. The summed E-state index contributed by atoms with van der Waals surface area (Å²) >= 11 is 0. The van der Waals surface area contributed by atoms with Gasteiger partial charge in [-0.15, -0.1) is 0 Å². The van der Waals surface area contributed by atoms with Crippen LogP contribution in [-0.4, -0.2) is 43.9 Å². The number of ether oxygens (including phenoxy) is 1. The predicted octanol–water partition coefficient (Wildman–Crippen LogP) is 1.60. The molecule has 0 unspecified atom stereocenters. The molecule has 0 aromatic rings. The highest BCUT2D eigenvalue weighted by Gasteiger charge is 2.28. The van der Waals surface area contributed by atoms with Gasteiger partial charge in [-0.3, -0.25) is 4.79 Å². The lowest BCUT2D eigenvalue weighted by Gasteiger charge is -2.29. The first-order valence-corrected chi connectivity index (χ1v) is 6.58. The van der Waals surface area contributed by atoms with Crippen LogP contribution < -0.4 is 10.6 Å². The zero-order chi connectivity index (χ0) is 14.3. The van der Waals surface area contributed by atoms with E-state index in [1.54, 1.807) is 0 Å². The van der Waals surface area contributed by atoms with Crippen LogP contribution >= 0.6 is 0 Å². The van der Waals surface area contributed by atoms with Crippen molar-refractivity contribution in [1.29, 1.82) is 0 Å². The maximum Gasteiger partial charge on any atom is 0.411 e. The van der Waals surface area contributed by atoms with Crippen molar-refractivity contribution in [3.05, 3.63) is 0 Å². The highest BCUT2D eigenvalue weighted by Crippen LogP contribution is 2.18. The quantitative estimate of drug-likeness (QED) is 0.778. The van der Waals surface area contributed by atoms with Crippen LogP contribution in [0.2, 0.25) is 0 Å². The monoisotopic (exact) mass is 282 g/mol. The summed E-state index contributed by atoms with van der Waals surface area (Å²) in [5.41, 5.74) is 0. The second-order valence-corrected chi connectivity index (χ2v) is 4.78. The second kappa shape index (κ2) is 7.69. The van der Waals surface area contributed by atoms with Crippen LogP contribution in [0.25, 0.3) is 0 Å². The maximum absolute atomic E-state index is 11.8. The molecule has 0 spiro atoms. The van der Waals surface area contributed by atoms with Gasteiger partial charge in [0.25, 0.3) is 0 Å².